The molecule has 0 radical (unpaired) electrons. The zero-order chi connectivity index (χ0) is 20.5. The second-order valence-corrected chi connectivity index (χ2v) is 8.33. The lowest BCUT2D eigenvalue weighted by Gasteiger charge is -2.28. The van der Waals surface area contributed by atoms with E-state index in [0.29, 0.717) is 50.0 Å². The van der Waals surface area contributed by atoms with Crippen molar-refractivity contribution in [3.8, 4) is 0 Å². The average Bonchev–Trinajstić information content (AvgIpc) is 2.72. The van der Waals surface area contributed by atoms with E-state index in [0.717, 1.165) is 11.2 Å². The molecule has 8 heteroatoms. The highest BCUT2D eigenvalue weighted by molar-refractivity contribution is 14.1. The molecule has 0 atom stereocenters. The van der Waals surface area contributed by atoms with Crippen molar-refractivity contribution >= 4 is 45.1 Å². The van der Waals surface area contributed by atoms with E-state index >= 15 is 0 Å². The minimum Gasteiger partial charge on any atom is -0.378 e. The van der Waals surface area contributed by atoms with E-state index in [1.165, 1.54) is 14.7 Å². The summed E-state index contributed by atoms with van der Waals surface area (Å²) in [6.45, 7) is 7.28. The van der Waals surface area contributed by atoms with Crippen molar-refractivity contribution in [2.75, 3.05) is 36.5 Å². The van der Waals surface area contributed by atoms with Gasteiger partial charge in [-0.3, -0.25) is 9.36 Å². The first-order valence-electron chi connectivity index (χ1n) is 9.64. The summed E-state index contributed by atoms with van der Waals surface area (Å²) in [4.78, 5) is 24.2. The van der Waals surface area contributed by atoms with Crippen molar-refractivity contribution in [1.29, 1.82) is 0 Å². The molecule has 2 aromatic heterocycles. The van der Waals surface area contributed by atoms with Crippen LogP contribution in [-0.4, -0.2) is 40.8 Å². The van der Waals surface area contributed by atoms with Gasteiger partial charge in [0.1, 0.15) is 23.0 Å². The molecular formula is C21H24IN5O2. The van der Waals surface area contributed by atoms with Crippen LogP contribution in [0.1, 0.15) is 17.0 Å². The molecule has 3 aromatic rings. The molecule has 7 nitrogen and oxygen atoms in total. The van der Waals surface area contributed by atoms with Crippen LogP contribution >= 0.6 is 22.6 Å². The first kappa shape index (κ1) is 20.1. The Labute approximate surface area is 183 Å². The number of nitrogens with one attached hydrogen (secondary N) is 1. The minimum absolute atomic E-state index is 0.0447. The Bertz CT molecular complexity index is 1120. The summed E-state index contributed by atoms with van der Waals surface area (Å²) < 4.78 is 8.30. The van der Waals surface area contributed by atoms with Gasteiger partial charge in [-0.2, -0.15) is 0 Å². The molecule has 3 heterocycles. The van der Waals surface area contributed by atoms with E-state index < -0.39 is 0 Å². The highest BCUT2D eigenvalue weighted by Crippen LogP contribution is 2.25. The smallest absolute Gasteiger partial charge is 0.275 e. The number of rotatable bonds is 4. The second-order valence-electron chi connectivity index (χ2n) is 7.25. The predicted octanol–water partition coefficient (Wildman–Crippen LogP) is 3.00. The van der Waals surface area contributed by atoms with Crippen LogP contribution in [0.5, 0.6) is 0 Å². The number of nitrogens with zero attached hydrogens (tertiary/aromatic N) is 4. The van der Waals surface area contributed by atoms with E-state index in [-0.39, 0.29) is 5.56 Å². The quantitative estimate of drug-likeness (QED) is 0.550. The molecule has 1 saturated heterocycles. The SMILES string of the molecule is Cc1nc(NCc2cccc(C)c2I)c2cc(N3CCOCC3)c(=O)n(C)c2n1. The first-order valence-corrected chi connectivity index (χ1v) is 10.7. The van der Waals surface area contributed by atoms with E-state index in [1.54, 1.807) is 11.6 Å². The number of halogens is 1. The lowest BCUT2D eigenvalue weighted by molar-refractivity contribution is 0.122. The molecule has 1 aliphatic heterocycles. The number of benzene rings is 1. The number of aryl methyl sites for hydroxylation is 3. The van der Waals surface area contributed by atoms with Crippen LogP contribution in [0.3, 0.4) is 0 Å². The van der Waals surface area contributed by atoms with Gasteiger partial charge in [0.2, 0.25) is 0 Å². The van der Waals surface area contributed by atoms with Gasteiger partial charge in [-0.25, -0.2) is 9.97 Å². The van der Waals surface area contributed by atoms with Gasteiger partial charge in [-0.05, 0) is 53.6 Å². The maximum absolute atomic E-state index is 13.0. The third kappa shape index (κ3) is 3.95. The van der Waals surface area contributed by atoms with Crippen molar-refractivity contribution in [2.45, 2.75) is 20.4 Å². The number of anilines is 2. The predicted molar refractivity (Wildman–Crippen MR) is 124 cm³/mol. The second kappa shape index (κ2) is 8.27. The van der Waals surface area contributed by atoms with Gasteiger partial charge in [-0.1, -0.05) is 18.2 Å². The summed E-state index contributed by atoms with van der Waals surface area (Å²) in [6.07, 6.45) is 0. The Kier molecular flexibility index (Phi) is 5.73. The maximum Gasteiger partial charge on any atom is 0.275 e. The number of ether oxygens (including phenoxy) is 1. The summed E-state index contributed by atoms with van der Waals surface area (Å²) in [5.74, 6) is 1.38. The van der Waals surface area contributed by atoms with Crippen molar-refractivity contribution in [1.82, 2.24) is 14.5 Å². The molecule has 1 aliphatic rings. The lowest BCUT2D eigenvalue weighted by atomic mass is 10.1. The van der Waals surface area contributed by atoms with Crippen molar-refractivity contribution in [3.05, 3.63) is 55.1 Å². The van der Waals surface area contributed by atoms with E-state index in [4.69, 9.17) is 4.74 Å². The molecule has 0 aliphatic carbocycles. The third-order valence-corrected chi connectivity index (χ3v) is 6.77. The minimum atomic E-state index is -0.0447. The number of pyridine rings is 1. The van der Waals surface area contributed by atoms with Crippen LogP contribution in [0.2, 0.25) is 0 Å². The number of hydrogen-bond acceptors (Lipinski definition) is 6. The molecule has 0 saturated carbocycles. The zero-order valence-corrected chi connectivity index (χ0v) is 19.0. The Balaban J connectivity index is 1.77. The summed E-state index contributed by atoms with van der Waals surface area (Å²) in [5.41, 5.74) is 3.74. The molecule has 1 N–H and O–H groups in total. The molecule has 0 amide bonds. The summed E-state index contributed by atoms with van der Waals surface area (Å²) in [6, 6.07) is 8.22. The third-order valence-electron chi connectivity index (χ3n) is 5.23. The topological polar surface area (TPSA) is 72.3 Å². The average molecular weight is 505 g/mol. The molecule has 152 valence electrons. The van der Waals surface area contributed by atoms with E-state index in [2.05, 4.69) is 67.9 Å². The Morgan fingerprint density at radius 1 is 1.21 bits per heavy atom. The number of morpholine rings is 1. The summed E-state index contributed by atoms with van der Waals surface area (Å²) in [5, 5.41) is 4.32. The molecule has 0 spiro atoms. The van der Waals surface area contributed by atoms with Crippen LogP contribution in [0.15, 0.2) is 29.1 Å². The summed E-state index contributed by atoms with van der Waals surface area (Å²) >= 11 is 2.38. The maximum atomic E-state index is 13.0. The highest BCUT2D eigenvalue weighted by Gasteiger charge is 2.19. The standard InChI is InChI=1S/C21H24IN5O2/c1-13-5-4-6-15(18(13)22)12-23-19-16-11-17(27-7-9-29-10-8-27)21(28)26(3)20(16)25-14(2)24-19/h4-6,11H,7-10,12H2,1-3H3,(H,23,24,25). The van der Waals surface area contributed by atoms with E-state index in [9.17, 15) is 4.79 Å². The molecule has 29 heavy (non-hydrogen) atoms. The Morgan fingerprint density at radius 2 is 1.97 bits per heavy atom. The molecule has 1 fully saturated rings. The van der Waals surface area contributed by atoms with Crippen LogP contribution < -0.4 is 15.8 Å². The van der Waals surface area contributed by atoms with Crippen molar-refractivity contribution in [3.63, 3.8) is 0 Å². The van der Waals surface area contributed by atoms with Crippen molar-refractivity contribution in [2.24, 2.45) is 7.05 Å². The van der Waals surface area contributed by atoms with Gasteiger partial charge in [0.25, 0.3) is 5.56 Å². The van der Waals surface area contributed by atoms with Crippen molar-refractivity contribution < 1.29 is 4.74 Å². The zero-order valence-electron chi connectivity index (χ0n) is 16.8. The van der Waals surface area contributed by atoms with Crippen LogP contribution in [0, 0.1) is 17.4 Å². The van der Waals surface area contributed by atoms with E-state index in [1.807, 2.05) is 13.0 Å². The molecule has 0 bridgehead atoms. The van der Waals surface area contributed by atoms with Crippen LogP contribution in [0.4, 0.5) is 11.5 Å². The monoisotopic (exact) mass is 505 g/mol. The van der Waals surface area contributed by atoms with Crippen LogP contribution in [0.25, 0.3) is 11.0 Å². The number of fused-ring (bicyclic) bond motifs is 1. The fraction of sp³-hybridized carbons (Fsp3) is 0.381. The molecule has 0 unspecified atom stereocenters. The molecule has 4 rings (SSSR count). The van der Waals surface area contributed by atoms with Gasteiger partial charge in [0, 0.05) is 30.3 Å². The van der Waals surface area contributed by atoms with Gasteiger partial charge in [-0.15, -0.1) is 0 Å². The molecule has 1 aromatic carbocycles. The van der Waals surface area contributed by atoms with Gasteiger partial charge in [0.05, 0.1) is 18.6 Å². The fourth-order valence-electron chi connectivity index (χ4n) is 3.61. The van der Waals surface area contributed by atoms with Gasteiger partial charge < -0.3 is 15.0 Å². The highest BCUT2D eigenvalue weighted by atomic mass is 127. The Hall–Kier alpha value is -2.20. The van der Waals surface area contributed by atoms with Crippen LogP contribution in [-0.2, 0) is 18.3 Å². The number of hydrogen-bond donors (Lipinski definition) is 1. The van der Waals surface area contributed by atoms with Gasteiger partial charge in [0.15, 0.2) is 0 Å². The normalized spacial score (nSPS) is 14.4. The lowest BCUT2D eigenvalue weighted by Crippen LogP contribution is -2.40. The fourth-order valence-corrected chi connectivity index (χ4v) is 4.16. The van der Waals surface area contributed by atoms with Gasteiger partial charge >= 0.3 is 0 Å². The largest absolute Gasteiger partial charge is 0.378 e. The number of aromatic nitrogens is 3. The summed E-state index contributed by atoms with van der Waals surface area (Å²) in [7, 11) is 1.77. The first-order chi connectivity index (χ1) is 14.0. The Morgan fingerprint density at radius 3 is 2.72 bits per heavy atom. The molecular weight excluding hydrogens is 481 g/mol.